The molecule has 1 amide bonds. The summed E-state index contributed by atoms with van der Waals surface area (Å²) in [6.45, 7) is 14.9. The molecule has 1 N–H and O–H groups in total. The summed E-state index contributed by atoms with van der Waals surface area (Å²) >= 11 is 0. The Hall–Kier alpha value is -2.39. The maximum absolute atomic E-state index is 12.8. The van der Waals surface area contributed by atoms with Crippen molar-refractivity contribution >= 4 is 25.6 Å². The number of carbonyl (C=O) groups is 1. The van der Waals surface area contributed by atoms with Crippen LogP contribution in [0.2, 0.25) is 18.1 Å². The van der Waals surface area contributed by atoms with Gasteiger partial charge in [0.05, 0.1) is 39.6 Å². The zero-order valence-electron chi connectivity index (χ0n) is 22.0. The first-order valence-corrected chi connectivity index (χ1v) is 15.2. The van der Waals surface area contributed by atoms with Crippen LogP contribution in [0.5, 0.6) is 5.75 Å². The molecule has 0 radical (unpaired) electrons. The molecule has 0 aliphatic carbocycles. The Kier molecular flexibility index (Phi) is 9.35. The number of ether oxygens (including phenoxy) is 3. The molecule has 1 heterocycles. The number of hydrogen-bond donors (Lipinski definition) is 1. The van der Waals surface area contributed by atoms with Crippen molar-refractivity contribution in [2.75, 3.05) is 56.9 Å². The van der Waals surface area contributed by atoms with Crippen molar-refractivity contribution in [2.45, 2.75) is 45.4 Å². The lowest BCUT2D eigenvalue weighted by Gasteiger charge is -2.36. The fraction of sp³-hybridized carbons (Fsp3) is 0.519. The van der Waals surface area contributed by atoms with Crippen LogP contribution in [0.25, 0.3) is 0 Å². The third-order valence-electron chi connectivity index (χ3n) is 6.71. The predicted octanol–water partition coefficient (Wildman–Crippen LogP) is 5.32. The molecular weight excluding hydrogens is 460 g/mol. The zero-order valence-corrected chi connectivity index (χ0v) is 23.0. The molecular formula is C27H40N2O5Si. The highest BCUT2D eigenvalue weighted by Crippen LogP contribution is 2.36. The lowest BCUT2D eigenvalue weighted by molar-refractivity contribution is 0.0260. The van der Waals surface area contributed by atoms with E-state index in [2.05, 4.69) is 39.2 Å². The second kappa shape index (κ2) is 12.0. The Morgan fingerprint density at radius 2 is 1.54 bits per heavy atom. The third kappa shape index (κ3) is 7.30. The number of carbonyl (C=O) groups excluding carboxylic acids is 1. The van der Waals surface area contributed by atoms with Crippen LogP contribution in [0.1, 0.15) is 36.7 Å². The Morgan fingerprint density at radius 3 is 2.17 bits per heavy atom. The van der Waals surface area contributed by atoms with Gasteiger partial charge in [0.2, 0.25) is 0 Å². The second-order valence-corrected chi connectivity index (χ2v) is 15.0. The molecule has 8 heteroatoms. The summed E-state index contributed by atoms with van der Waals surface area (Å²) in [6, 6.07) is 13.5. The first kappa shape index (κ1) is 27.2. The molecule has 0 saturated carbocycles. The van der Waals surface area contributed by atoms with Gasteiger partial charge in [-0.25, -0.2) is 0 Å². The van der Waals surface area contributed by atoms with Crippen LogP contribution >= 0.6 is 0 Å². The van der Waals surface area contributed by atoms with E-state index in [1.807, 2.05) is 49.5 Å². The predicted molar refractivity (Wildman–Crippen MR) is 143 cm³/mol. The van der Waals surface area contributed by atoms with E-state index >= 15 is 0 Å². The van der Waals surface area contributed by atoms with E-state index < -0.39 is 8.32 Å². The van der Waals surface area contributed by atoms with Crippen molar-refractivity contribution in [1.29, 1.82) is 0 Å². The highest BCUT2D eigenvalue weighted by molar-refractivity contribution is 6.74. The van der Waals surface area contributed by atoms with Gasteiger partial charge in [-0.1, -0.05) is 20.8 Å². The van der Waals surface area contributed by atoms with Crippen LogP contribution in [0.15, 0.2) is 42.5 Å². The second-order valence-electron chi connectivity index (χ2n) is 10.2. The van der Waals surface area contributed by atoms with Gasteiger partial charge in [0.15, 0.2) is 8.32 Å². The average molecular weight is 501 g/mol. The Balaban J connectivity index is 1.32. The fourth-order valence-electron chi connectivity index (χ4n) is 3.52. The number of nitrogens with zero attached hydrogens (tertiary/aromatic N) is 1. The molecule has 1 aliphatic heterocycles. The maximum Gasteiger partial charge on any atom is 0.258 e. The van der Waals surface area contributed by atoms with Crippen molar-refractivity contribution in [1.82, 2.24) is 0 Å². The lowest BCUT2D eigenvalue weighted by Crippen LogP contribution is -2.41. The van der Waals surface area contributed by atoms with Gasteiger partial charge >= 0.3 is 0 Å². The highest BCUT2D eigenvalue weighted by Gasteiger charge is 2.36. The summed E-state index contributed by atoms with van der Waals surface area (Å²) in [7, 11) is 0.164. The van der Waals surface area contributed by atoms with Crippen LogP contribution in [-0.2, 0) is 20.4 Å². The van der Waals surface area contributed by atoms with E-state index in [1.165, 1.54) is 0 Å². The topological polar surface area (TPSA) is 69.3 Å². The quantitative estimate of drug-likeness (QED) is 0.296. The molecule has 0 saturated heterocycles. The van der Waals surface area contributed by atoms with Crippen LogP contribution in [0.3, 0.4) is 0 Å². The number of rotatable bonds is 13. The van der Waals surface area contributed by atoms with E-state index in [0.29, 0.717) is 46.2 Å². The van der Waals surface area contributed by atoms with Crippen molar-refractivity contribution in [2.24, 2.45) is 0 Å². The molecule has 1 aliphatic rings. The number of amides is 1. The van der Waals surface area contributed by atoms with E-state index in [9.17, 15) is 4.79 Å². The molecule has 2 aromatic rings. The van der Waals surface area contributed by atoms with Crippen LogP contribution in [0.4, 0.5) is 11.4 Å². The Bertz CT molecular complexity index is 973. The Morgan fingerprint density at radius 1 is 0.914 bits per heavy atom. The number of benzene rings is 2. The van der Waals surface area contributed by atoms with Gasteiger partial charge in [0, 0.05) is 24.0 Å². The molecule has 0 spiro atoms. The maximum atomic E-state index is 12.8. The summed E-state index contributed by atoms with van der Waals surface area (Å²) in [5, 5.41) is 3.30. The normalized spacial score (nSPS) is 13.8. The van der Waals surface area contributed by atoms with Gasteiger partial charge in [-0.15, -0.1) is 0 Å². The Labute approximate surface area is 210 Å². The van der Waals surface area contributed by atoms with Gasteiger partial charge in [-0.05, 0) is 66.2 Å². The lowest BCUT2D eigenvalue weighted by atomic mass is 10.1. The minimum atomic E-state index is -1.71. The molecule has 0 bridgehead atoms. The van der Waals surface area contributed by atoms with Gasteiger partial charge in [0.25, 0.3) is 5.91 Å². The van der Waals surface area contributed by atoms with E-state index in [1.54, 1.807) is 4.90 Å². The van der Waals surface area contributed by atoms with Crippen LogP contribution in [0, 0.1) is 0 Å². The first-order valence-electron chi connectivity index (χ1n) is 12.3. The van der Waals surface area contributed by atoms with E-state index in [0.717, 1.165) is 28.3 Å². The molecule has 2 aromatic carbocycles. The van der Waals surface area contributed by atoms with E-state index in [-0.39, 0.29) is 10.9 Å². The summed E-state index contributed by atoms with van der Waals surface area (Å²) < 4.78 is 23.2. The van der Waals surface area contributed by atoms with Gasteiger partial charge in [-0.2, -0.15) is 0 Å². The van der Waals surface area contributed by atoms with Gasteiger partial charge in [0.1, 0.15) is 12.4 Å². The smallest absolute Gasteiger partial charge is 0.258 e. The largest absolute Gasteiger partial charge is 0.491 e. The standard InChI is InChI=1S/C27H40N2O5Si/c1-27(2,3)35(5,6)34-18-16-32-14-13-31-15-17-33-24-11-12-25-21(19-24)20-29(26(25)30)23-9-7-22(28-4)8-10-23/h7-12,19,28H,13-18,20H2,1-6H3. The summed E-state index contributed by atoms with van der Waals surface area (Å²) in [5.41, 5.74) is 3.59. The molecule has 0 unspecified atom stereocenters. The van der Waals surface area contributed by atoms with Crippen molar-refractivity contribution in [3.8, 4) is 5.75 Å². The minimum absolute atomic E-state index is 0.0156. The highest BCUT2D eigenvalue weighted by atomic mass is 28.4. The molecule has 0 atom stereocenters. The van der Waals surface area contributed by atoms with Gasteiger partial charge < -0.3 is 28.9 Å². The summed E-state index contributed by atoms with van der Waals surface area (Å²) in [4.78, 5) is 14.6. The third-order valence-corrected chi connectivity index (χ3v) is 11.3. The molecule has 0 aromatic heterocycles. The van der Waals surface area contributed by atoms with Crippen LogP contribution < -0.4 is 15.0 Å². The number of anilines is 2. The SMILES string of the molecule is CNc1ccc(N2Cc3cc(OCCOCCOCCO[Si](C)(C)C(C)(C)C)ccc3C2=O)cc1. The number of fused-ring (bicyclic) bond motifs is 1. The van der Waals surface area contributed by atoms with Crippen LogP contribution in [-0.4, -0.2) is 60.9 Å². The van der Waals surface area contributed by atoms with Crippen molar-refractivity contribution in [3.63, 3.8) is 0 Å². The molecule has 35 heavy (non-hydrogen) atoms. The molecule has 3 rings (SSSR count). The number of nitrogens with one attached hydrogen (secondary N) is 1. The molecule has 192 valence electrons. The first-order chi connectivity index (χ1) is 16.6. The average Bonchev–Trinajstić information content (AvgIpc) is 3.15. The molecule has 7 nitrogen and oxygen atoms in total. The van der Waals surface area contributed by atoms with Gasteiger partial charge in [-0.3, -0.25) is 4.79 Å². The van der Waals surface area contributed by atoms with Crippen molar-refractivity contribution in [3.05, 3.63) is 53.6 Å². The summed E-state index contributed by atoms with van der Waals surface area (Å²) in [5.74, 6) is 0.758. The number of hydrogen-bond acceptors (Lipinski definition) is 6. The van der Waals surface area contributed by atoms with Crippen molar-refractivity contribution < 1.29 is 23.4 Å². The minimum Gasteiger partial charge on any atom is -0.491 e. The zero-order chi connectivity index (χ0) is 25.5. The molecule has 0 fully saturated rings. The summed E-state index contributed by atoms with van der Waals surface area (Å²) in [6.07, 6.45) is 0. The van der Waals surface area contributed by atoms with E-state index in [4.69, 9.17) is 18.6 Å². The fourth-order valence-corrected chi connectivity index (χ4v) is 4.54. The monoisotopic (exact) mass is 500 g/mol.